The minimum absolute atomic E-state index is 0.0357. The molecule has 1 aromatic carbocycles. The lowest BCUT2D eigenvalue weighted by molar-refractivity contribution is -0.133. The number of carbonyl (C=O) groups is 2. The molecule has 1 N–H and O–H groups in total. The van der Waals surface area contributed by atoms with Gasteiger partial charge in [0.1, 0.15) is 5.69 Å². The normalized spacial score (nSPS) is 14.3. The molecule has 3 rings (SSSR count). The number of amides is 2. The molecule has 1 fully saturated rings. The van der Waals surface area contributed by atoms with Crippen LogP contribution in [0, 0.1) is 0 Å². The monoisotopic (exact) mass is 355 g/mol. The number of rotatable bonds is 7. The van der Waals surface area contributed by atoms with Crippen molar-refractivity contribution in [1.82, 2.24) is 15.4 Å². The van der Waals surface area contributed by atoms with Gasteiger partial charge in [0.05, 0.1) is 6.54 Å². The lowest BCUT2D eigenvalue weighted by Gasteiger charge is -2.16. The smallest absolute Gasteiger partial charge is 0.223 e. The van der Waals surface area contributed by atoms with Crippen molar-refractivity contribution < 1.29 is 14.1 Å². The molecule has 0 bridgehead atoms. The summed E-state index contributed by atoms with van der Waals surface area (Å²) in [4.78, 5) is 25.8. The second-order valence-corrected chi connectivity index (χ2v) is 6.85. The molecule has 1 saturated carbocycles. The first kappa shape index (κ1) is 18.2. The quantitative estimate of drug-likeness (QED) is 0.828. The third-order valence-electron chi connectivity index (χ3n) is 4.73. The predicted molar refractivity (Wildman–Crippen MR) is 98.0 cm³/mol. The van der Waals surface area contributed by atoms with Crippen LogP contribution in [0.4, 0.5) is 0 Å². The number of carbonyl (C=O) groups excluding carboxylic acids is 2. The lowest BCUT2D eigenvalue weighted by Crippen LogP contribution is -2.34. The Morgan fingerprint density at radius 1 is 1.19 bits per heavy atom. The Labute approximate surface area is 153 Å². The topological polar surface area (TPSA) is 75.4 Å². The van der Waals surface area contributed by atoms with Gasteiger partial charge in [0, 0.05) is 37.6 Å². The highest BCUT2D eigenvalue weighted by Crippen LogP contribution is 2.20. The lowest BCUT2D eigenvalue weighted by atomic mass is 10.1. The predicted octanol–water partition coefficient (Wildman–Crippen LogP) is 3.14. The highest BCUT2D eigenvalue weighted by molar-refractivity contribution is 5.83. The van der Waals surface area contributed by atoms with Crippen molar-refractivity contribution in [2.24, 2.45) is 0 Å². The van der Waals surface area contributed by atoms with E-state index in [9.17, 15) is 9.59 Å². The van der Waals surface area contributed by atoms with Crippen molar-refractivity contribution >= 4 is 11.8 Å². The van der Waals surface area contributed by atoms with E-state index < -0.39 is 0 Å². The van der Waals surface area contributed by atoms with Gasteiger partial charge in [-0.25, -0.2) is 0 Å². The van der Waals surface area contributed by atoms with Gasteiger partial charge in [-0.2, -0.15) is 0 Å². The van der Waals surface area contributed by atoms with Gasteiger partial charge in [-0.1, -0.05) is 48.3 Å². The fourth-order valence-electron chi connectivity index (χ4n) is 3.24. The Morgan fingerprint density at radius 3 is 2.65 bits per heavy atom. The first-order chi connectivity index (χ1) is 12.6. The molecule has 0 aliphatic heterocycles. The third kappa shape index (κ3) is 4.94. The minimum Gasteiger partial charge on any atom is -0.356 e. The number of hydrogen-bond acceptors (Lipinski definition) is 4. The molecule has 1 aliphatic rings. The van der Waals surface area contributed by atoms with Crippen LogP contribution in [0.2, 0.25) is 0 Å². The summed E-state index contributed by atoms with van der Waals surface area (Å²) in [7, 11) is 1.72. The summed E-state index contributed by atoms with van der Waals surface area (Å²) in [5, 5.41) is 7.04. The van der Waals surface area contributed by atoms with Gasteiger partial charge >= 0.3 is 0 Å². The summed E-state index contributed by atoms with van der Waals surface area (Å²) in [6.07, 6.45) is 4.89. The van der Waals surface area contributed by atoms with Gasteiger partial charge < -0.3 is 14.7 Å². The van der Waals surface area contributed by atoms with Crippen LogP contribution < -0.4 is 5.32 Å². The van der Waals surface area contributed by atoms with E-state index in [1.165, 1.54) is 12.8 Å². The summed E-state index contributed by atoms with van der Waals surface area (Å²) in [6, 6.07) is 11.8. The second kappa shape index (κ2) is 8.65. The number of nitrogens with one attached hydrogen (secondary N) is 1. The van der Waals surface area contributed by atoms with Gasteiger partial charge in [-0.3, -0.25) is 9.59 Å². The van der Waals surface area contributed by atoms with Crippen LogP contribution in [0.15, 0.2) is 40.9 Å². The number of benzene rings is 1. The molecule has 1 heterocycles. The fourth-order valence-corrected chi connectivity index (χ4v) is 3.24. The molecule has 0 unspecified atom stereocenters. The Morgan fingerprint density at radius 2 is 1.92 bits per heavy atom. The third-order valence-corrected chi connectivity index (χ3v) is 4.73. The molecule has 6 nitrogen and oxygen atoms in total. The van der Waals surface area contributed by atoms with Crippen LogP contribution in [0.3, 0.4) is 0 Å². The van der Waals surface area contributed by atoms with E-state index in [4.69, 9.17) is 4.52 Å². The van der Waals surface area contributed by atoms with Crippen molar-refractivity contribution in [2.75, 3.05) is 7.05 Å². The Bertz CT molecular complexity index is 736. The maximum atomic E-state index is 12.3. The molecule has 6 heteroatoms. The second-order valence-electron chi connectivity index (χ2n) is 6.85. The van der Waals surface area contributed by atoms with Crippen LogP contribution >= 0.6 is 0 Å². The number of nitrogens with zero attached hydrogens (tertiary/aromatic N) is 2. The van der Waals surface area contributed by atoms with Gasteiger partial charge in [-0.05, 0) is 12.8 Å². The van der Waals surface area contributed by atoms with Crippen molar-refractivity contribution in [2.45, 2.75) is 51.1 Å². The van der Waals surface area contributed by atoms with E-state index in [1.54, 1.807) is 11.9 Å². The van der Waals surface area contributed by atoms with Crippen LogP contribution in [-0.2, 0) is 16.1 Å². The molecule has 138 valence electrons. The average molecular weight is 355 g/mol. The summed E-state index contributed by atoms with van der Waals surface area (Å²) >= 11 is 0. The molecule has 2 amide bonds. The molecule has 0 atom stereocenters. The van der Waals surface area contributed by atoms with Crippen molar-refractivity contribution in [3.8, 4) is 11.3 Å². The van der Waals surface area contributed by atoms with E-state index >= 15 is 0 Å². The maximum Gasteiger partial charge on any atom is 0.223 e. The standard InChI is InChI=1S/C20H25N3O3/c1-23(20(25)12-11-19(24)21-16-9-5-6-10-16)14-17-13-18(26-22-17)15-7-3-2-4-8-15/h2-4,7-8,13,16H,5-6,9-12,14H2,1H3,(H,21,24). The van der Waals surface area contributed by atoms with E-state index in [-0.39, 0.29) is 24.7 Å². The summed E-state index contributed by atoms with van der Waals surface area (Å²) in [5.74, 6) is 0.569. The molecule has 0 radical (unpaired) electrons. The van der Waals surface area contributed by atoms with Gasteiger partial charge in [0.15, 0.2) is 5.76 Å². The summed E-state index contributed by atoms with van der Waals surface area (Å²) < 4.78 is 5.35. The van der Waals surface area contributed by atoms with Crippen molar-refractivity contribution in [3.05, 3.63) is 42.1 Å². The number of hydrogen-bond donors (Lipinski definition) is 1. The van der Waals surface area contributed by atoms with Crippen LogP contribution in [0.1, 0.15) is 44.2 Å². The Kier molecular flexibility index (Phi) is 6.04. The molecule has 26 heavy (non-hydrogen) atoms. The first-order valence-electron chi connectivity index (χ1n) is 9.16. The van der Waals surface area contributed by atoms with E-state index in [2.05, 4.69) is 10.5 Å². The molecule has 0 spiro atoms. The van der Waals surface area contributed by atoms with Crippen LogP contribution in [0.25, 0.3) is 11.3 Å². The van der Waals surface area contributed by atoms with Crippen molar-refractivity contribution in [3.63, 3.8) is 0 Å². The minimum atomic E-state index is -0.0733. The SMILES string of the molecule is CN(Cc1cc(-c2ccccc2)on1)C(=O)CCC(=O)NC1CCCC1. The van der Waals surface area contributed by atoms with Crippen LogP contribution in [-0.4, -0.2) is 35.0 Å². The van der Waals surface area contributed by atoms with Crippen molar-refractivity contribution in [1.29, 1.82) is 0 Å². The van der Waals surface area contributed by atoms with Gasteiger partial charge in [0.2, 0.25) is 11.8 Å². The molecule has 1 aliphatic carbocycles. The number of aromatic nitrogens is 1. The summed E-state index contributed by atoms with van der Waals surface area (Å²) in [6.45, 7) is 0.361. The molecule has 0 saturated heterocycles. The first-order valence-corrected chi connectivity index (χ1v) is 9.16. The van der Waals surface area contributed by atoms with Gasteiger partial charge in [-0.15, -0.1) is 0 Å². The zero-order valence-electron chi connectivity index (χ0n) is 15.1. The fraction of sp³-hybridized carbons (Fsp3) is 0.450. The highest BCUT2D eigenvalue weighted by atomic mass is 16.5. The van der Waals surface area contributed by atoms with E-state index in [0.29, 0.717) is 24.0 Å². The average Bonchev–Trinajstić information content (AvgIpc) is 3.32. The Balaban J connectivity index is 1.45. The Hall–Kier alpha value is -2.63. The van der Waals surface area contributed by atoms with Gasteiger partial charge in [0.25, 0.3) is 0 Å². The van der Waals surface area contributed by atoms with Crippen LogP contribution in [0.5, 0.6) is 0 Å². The molecular formula is C20H25N3O3. The van der Waals surface area contributed by atoms with E-state index in [1.807, 2.05) is 36.4 Å². The maximum absolute atomic E-state index is 12.3. The highest BCUT2D eigenvalue weighted by Gasteiger charge is 2.19. The zero-order valence-corrected chi connectivity index (χ0v) is 15.1. The van der Waals surface area contributed by atoms with E-state index in [0.717, 1.165) is 18.4 Å². The largest absolute Gasteiger partial charge is 0.356 e. The molecular weight excluding hydrogens is 330 g/mol. The molecule has 2 aromatic rings. The molecule has 1 aromatic heterocycles. The zero-order chi connectivity index (χ0) is 18.4. The summed E-state index contributed by atoms with van der Waals surface area (Å²) in [5.41, 5.74) is 1.64.